The molecule has 0 aliphatic heterocycles. The second-order valence-electron chi connectivity index (χ2n) is 5.29. The molecule has 0 aliphatic carbocycles. The van der Waals surface area contributed by atoms with Crippen molar-refractivity contribution < 1.29 is 0 Å². The molecule has 0 aliphatic rings. The van der Waals surface area contributed by atoms with E-state index in [-0.39, 0.29) is 5.43 Å². The van der Waals surface area contributed by atoms with E-state index in [0.717, 1.165) is 28.6 Å². The molecule has 2 rings (SSSR count). The summed E-state index contributed by atoms with van der Waals surface area (Å²) in [7, 11) is 0. The van der Waals surface area contributed by atoms with Crippen molar-refractivity contribution in [2.45, 2.75) is 46.0 Å². The number of aromatic nitrogens is 1. The van der Waals surface area contributed by atoms with Crippen molar-refractivity contribution in [2.75, 3.05) is 0 Å². The summed E-state index contributed by atoms with van der Waals surface area (Å²) < 4.78 is 0. The summed E-state index contributed by atoms with van der Waals surface area (Å²) in [6.07, 6.45) is 10.2. The second kappa shape index (κ2) is 7.09. The highest BCUT2D eigenvalue weighted by molar-refractivity contribution is 5.81. The fraction of sp³-hybridized carbons (Fsp3) is 0.389. The van der Waals surface area contributed by atoms with Gasteiger partial charge in [-0.1, -0.05) is 50.5 Å². The average Bonchev–Trinajstić information content (AvgIpc) is 2.45. The maximum absolute atomic E-state index is 12.4. The van der Waals surface area contributed by atoms with E-state index in [4.69, 9.17) is 0 Å². The summed E-state index contributed by atoms with van der Waals surface area (Å²) in [6.45, 7) is 4.18. The number of pyridine rings is 1. The quantitative estimate of drug-likeness (QED) is 0.749. The van der Waals surface area contributed by atoms with E-state index < -0.39 is 0 Å². The number of aromatic amines is 1. The van der Waals surface area contributed by atoms with Gasteiger partial charge in [0.15, 0.2) is 5.43 Å². The van der Waals surface area contributed by atoms with Crippen molar-refractivity contribution in [3.05, 3.63) is 51.8 Å². The van der Waals surface area contributed by atoms with Crippen LogP contribution in [0.25, 0.3) is 17.0 Å². The van der Waals surface area contributed by atoms with Crippen molar-refractivity contribution in [3.63, 3.8) is 0 Å². The summed E-state index contributed by atoms with van der Waals surface area (Å²) in [6, 6.07) is 7.68. The van der Waals surface area contributed by atoms with Crippen molar-refractivity contribution in [2.24, 2.45) is 0 Å². The maximum atomic E-state index is 12.4. The molecular weight excluding hydrogens is 246 g/mol. The largest absolute Gasteiger partial charge is 0.358 e. The molecule has 106 valence electrons. The van der Waals surface area contributed by atoms with E-state index in [1.165, 1.54) is 25.7 Å². The van der Waals surface area contributed by atoms with Gasteiger partial charge in [0.05, 0.1) is 0 Å². The predicted octanol–water partition coefficient (Wildman–Crippen LogP) is 4.82. The fourth-order valence-corrected chi connectivity index (χ4v) is 2.47. The Hall–Kier alpha value is -1.83. The lowest BCUT2D eigenvalue weighted by Crippen LogP contribution is -2.09. The number of hydrogen-bond acceptors (Lipinski definition) is 1. The molecule has 1 N–H and O–H groups in total. The SMILES string of the molecule is CCCCCC/C=C/c1c(C)[nH]c2ccccc2c1=O. The molecule has 0 bridgehead atoms. The van der Waals surface area contributed by atoms with Crippen LogP contribution in [-0.4, -0.2) is 4.98 Å². The number of H-pyrrole nitrogens is 1. The van der Waals surface area contributed by atoms with E-state index in [1.807, 2.05) is 37.3 Å². The van der Waals surface area contributed by atoms with Crippen LogP contribution in [-0.2, 0) is 0 Å². The summed E-state index contributed by atoms with van der Waals surface area (Å²) in [4.78, 5) is 15.8. The fourth-order valence-electron chi connectivity index (χ4n) is 2.47. The number of unbranched alkanes of at least 4 members (excludes halogenated alkanes) is 4. The smallest absolute Gasteiger partial charge is 0.196 e. The number of fused-ring (bicyclic) bond motifs is 1. The van der Waals surface area contributed by atoms with Crippen molar-refractivity contribution in [1.82, 2.24) is 4.98 Å². The molecule has 0 atom stereocenters. The van der Waals surface area contributed by atoms with E-state index in [1.54, 1.807) is 0 Å². The maximum Gasteiger partial charge on any atom is 0.196 e. The van der Waals surface area contributed by atoms with Crippen molar-refractivity contribution in [1.29, 1.82) is 0 Å². The van der Waals surface area contributed by atoms with Gasteiger partial charge in [0, 0.05) is 22.2 Å². The van der Waals surface area contributed by atoms with E-state index >= 15 is 0 Å². The highest BCUT2D eigenvalue weighted by Gasteiger charge is 2.05. The van der Waals surface area contributed by atoms with Crippen LogP contribution in [0, 0.1) is 6.92 Å². The first-order valence-corrected chi connectivity index (χ1v) is 7.52. The van der Waals surface area contributed by atoms with Gasteiger partial charge in [0.25, 0.3) is 0 Å². The first kappa shape index (κ1) is 14.6. The zero-order chi connectivity index (χ0) is 14.4. The molecule has 0 spiro atoms. The minimum atomic E-state index is 0.127. The van der Waals surface area contributed by atoms with Crippen LogP contribution >= 0.6 is 0 Å². The van der Waals surface area contributed by atoms with Crippen LogP contribution in [0.15, 0.2) is 35.1 Å². The molecule has 1 heterocycles. The Morgan fingerprint density at radius 1 is 1.15 bits per heavy atom. The summed E-state index contributed by atoms with van der Waals surface area (Å²) >= 11 is 0. The molecule has 1 aromatic carbocycles. The molecule has 2 nitrogen and oxygen atoms in total. The molecule has 0 fully saturated rings. The van der Waals surface area contributed by atoms with Gasteiger partial charge in [-0.15, -0.1) is 0 Å². The van der Waals surface area contributed by atoms with Crippen LogP contribution in [0.3, 0.4) is 0 Å². The number of benzene rings is 1. The van der Waals surface area contributed by atoms with E-state index in [9.17, 15) is 4.79 Å². The Morgan fingerprint density at radius 3 is 2.75 bits per heavy atom. The predicted molar refractivity (Wildman–Crippen MR) is 87.1 cm³/mol. The summed E-state index contributed by atoms with van der Waals surface area (Å²) in [5, 5.41) is 0.767. The van der Waals surface area contributed by atoms with Gasteiger partial charge < -0.3 is 4.98 Å². The lowest BCUT2D eigenvalue weighted by atomic mass is 10.1. The van der Waals surface area contributed by atoms with Gasteiger partial charge >= 0.3 is 0 Å². The van der Waals surface area contributed by atoms with Crippen LogP contribution in [0.4, 0.5) is 0 Å². The first-order chi connectivity index (χ1) is 9.74. The topological polar surface area (TPSA) is 32.9 Å². The van der Waals surface area contributed by atoms with E-state index in [2.05, 4.69) is 18.0 Å². The molecule has 0 unspecified atom stereocenters. The Labute approximate surface area is 120 Å². The summed E-state index contributed by atoms with van der Waals surface area (Å²) in [5.41, 5.74) is 2.77. The summed E-state index contributed by atoms with van der Waals surface area (Å²) in [5.74, 6) is 0. The molecule has 0 saturated heterocycles. The van der Waals surface area contributed by atoms with Gasteiger partial charge in [-0.05, 0) is 31.9 Å². The van der Waals surface area contributed by atoms with Gasteiger partial charge in [-0.2, -0.15) is 0 Å². The zero-order valence-electron chi connectivity index (χ0n) is 12.4. The number of para-hydroxylation sites is 1. The van der Waals surface area contributed by atoms with Crippen LogP contribution in [0.2, 0.25) is 0 Å². The van der Waals surface area contributed by atoms with Crippen molar-refractivity contribution in [3.8, 4) is 0 Å². The highest BCUT2D eigenvalue weighted by atomic mass is 16.1. The highest BCUT2D eigenvalue weighted by Crippen LogP contribution is 2.12. The third kappa shape index (κ3) is 3.38. The average molecular weight is 269 g/mol. The zero-order valence-corrected chi connectivity index (χ0v) is 12.4. The Kier molecular flexibility index (Phi) is 5.16. The number of allylic oxidation sites excluding steroid dienone is 1. The molecule has 0 saturated carbocycles. The van der Waals surface area contributed by atoms with Crippen molar-refractivity contribution >= 4 is 17.0 Å². The molecular formula is C18H23NO. The molecule has 20 heavy (non-hydrogen) atoms. The number of nitrogens with one attached hydrogen (secondary N) is 1. The monoisotopic (exact) mass is 269 g/mol. The standard InChI is InChI=1S/C18H23NO/c1-3-4-5-6-7-8-11-15-14(2)19-17-13-10-9-12-16(17)18(15)20/h8-13H,3-7H2,1-2H3,(H,19,20)/b11-8+. The third-order valence-electron chi connectivity index (χ3n) is 3.65. The molecule has 2 aromatic rings. The van der Waals surface area contributed by atoms with Crippen LogP contribution in [0.1, 0.15) is 50.3 Å². The number of aryl methyl sites for hydroxylation is 1. The van der Waals surface area contributed by atoms with Gasteiger partial charge in [0.2, 0.25) is 0 Å². The van der Waals surface area contributed by atoms with Gasteiger partial charge in [-0.25, -0.2) is 0 Å². The Morgan fingerprint density at radius 2 is 1.95 bits per heavy atom. The van der Waals surface area contributed by atoms with Crippen LogP contribution in [0.5, 0.6) is 0 Å². The molecule has 1 aromatic heterocycles. The lowest BCUT2D eigenvalue weighted by molar-refractivity contribution is 0.675. The number of hydrogen-bond donors (Lipinski definition) is 1. The van der Waals surface area contributed by atoms with E-state index in [0.29, 0.717) is 0 Å². The third-order valence-corrected chi connectivity index (χ3v) is 3.65. The molecule has 2 heteroatoms. The number of rotatable bonds is 6. The Bertz CT molecular complexity index is 652. The second-order valence-corrected chi connectivity index (χ2v) is 5.29. The normalized spacial score (nSPS) is 11.5. The minimum Gasteiger partial charge on any atom is -0.358 e. The van der Waals surface area contributed by atoms with Gasteiger partial charge in [-0.3, -0.25) is 4.79 Å². The van der Waals surface area contributed by atoms with Crippen LogP contribution < -0.4 is 5.43 Å². The molecule has 0 amide bonds. The Balaban J connectivity index is 2.18. The van der Waals surface area contributed by atoms with Gasteiger partial charge in [0.1, 0.15) is 0 Å². The minimum absolute atomic E-state index is 0.127. The molecule has 0 radical (unpaired) electrons. The lowest BCUT2D eigenvalue weighted by Gasteiger charge is -2.04. The first-order valence-electron chi connectivity index (χ1n) is 7.52.